The zero-order valence-corrected chi connectivity index (χ0v) is 8.93. The molecule has 1 aromatic rings. The Kier molecular flexibility index (Phi) is 4.29. The predicted octanol–water partition coefficient (Wildman–Crippen LogP) is 2.01. The van der Waals surface area contributed by atoms with Crippen LogP contribution in [0.1, 0.15) is 25.5 Å². The smallest absolute Gasteiger partial charge is 0.212 e. The fraction of sp³-hybridized carbons (Fsp3) is 0.556. The van der Waals surface area contributed by atoms with E-state index in [1.807, 2.05) is 13.1 Å². The largest absolute Gasteiger partial charge is 0.334 e. The van der Waals surface area contributed by atoms with E-state index in [0.717, 1.165) is 19.4 Å². The molecule has 1 aromatic heterocycles. The maximum absolute atomic E-state index is 8.68. The normalized spacial score (nSPS) is 10.5. The quantitative estimate of drug-likeness (QED) is 0.591. The molecule has 1 N–H and O–H groups in total. The number of rotatable bonds is 5. The maximum atomic E-state index is 8.68. The average molecular weight is 206 g/mol. The first-order valence-corrected chi connectivity index (χ1v) is 4.84. The van der Waals surface area contributed by atoms with Gasteiger partial charge in [0.15, 0.2) is 5.69 Å². The molecule has 0 saturated carbocycles. The molecule has 1 heterocycles. The molecule has 6 heteroatoms. The molecule has 80 valence electrons. The van der Waals surface area contributed by atoms with Gasteiger partial charge in [-0.1, -0.05) is 18.6 Å². The minimum absolute atomic E-state index is 0.334. The molecule has 0 saturated heterocycles. The van der Waals surface area contributed by atoms with Crippen molar-refractivity contribution in [2.24, 2.45) is 10.3 Å². The minimum Gasteiger partial charge on any atom is -0.334 e. The predicted molar refractivity (Wildman–Crippen MR) is 55.4 cm³/mol. The number of H-pyrrole nitrogens is 1. The van der Waals surface area contributed by atoms with E-state index >= 15 is 0 Å². The van der Waals surface area contributed by atoms with Gasteiger partial charge in [-0.2, -0.15) is 5.26 Å². The highest BCUT2D eigenvalue weighted by molar-refractivity contribution is 5.41. The number of aromatic amines is 1. The molecule has 0 aliphatic heterocycles. The maximum Gasteiger partial charge on any atom is 0.212 e. The summed E-state index contributed by atoms with van der Waals surface area (Å²) in [6.07, 6.45) is 3.62. The lowest BCUT2D eigenvalue weighted by Crippen LogP contribution is -2.11. The number of hydrogen-bond acceptors (Lipinski definition) is 4. The van der Waals surface area contributed by atoms with Gasteiger partial charge in [0, 0.05) is 13.6 Å². The molecular weight excluding hydrogens is 192 g/mol. The monoisotopic (exact) mass is 206 g/mol. The van der Waals surface area contributed by atoms with E-state index in [1.54, 1.807) is 5.01 Å². The Morgan fingerprint density at radius 3 is 3.13 bits per heavy atom. The van der Waals surface area contributed by atoms with E-state index in [4.69, 9.17) is 5.26 Å². The van der Waals surface area contributed by atoms with Crippen LogP contribution in [0.3, 0.4) is 0 Å². The molecule has 0 amide bonds. The molecule has 15 heavy (non-hydrogen) atoms. The van der Waals surface area contributed by atoms with E-state index in [1.165, 1.54) is 6.33 Å². The first kappa shape index (κ1) is 11.2. The lowest BCUT2D eigenvalue weighted by molar-refractivity contribution is 0.325. The van der Waals surface area contributed by atoms with Gasteiger partial charge in [-0.3, -0.25) is 5.01 Å². The van der Waals surface area contributed by atoms with Crippen molar-refractivity contribution < 1.29 is 0 Å². The number of nitrogens with zero attached hydrogens (tertiary/aromatic N) is 5. The van der Waals surface area contributed by atoms with Crippen LogP contribution in [-0.4, -0.2) is 28.6 Å². The number of aromatic nitrogens is 2. The van der Waals surface area contributed by atoms with Crippen LogP contribution in [0, 0.1) is 11.3 Å². The molecule has 0 aliphatic rings. The van der Waals surface area contributed by atoms with Crippen LogP contribution in [0.4, 0.5) is 5.82 Å². The zero-order chi connectivity index (χ0) is 11.1. The molecule has 6 nitrogen and oxygen atoms in total. The summed E-state index contributed by atoms with van der Waals surface area (Å²) in [7, 11) is 1.85. The van der Waals surface area contributed by atoms with Crippen LogP contribution in [0.15, 0.2) is 16.7 Å². The molecule has 0 aliphatic carbocycles. The Morgan fingerprint density at radius 2 is 2.47 bits per heavy atom. The number of imidazole rings is 1. The third-order valence-electron chi connectivity index (χ3n) is 1.86. The first-order valence-electron chi connectivity index (χ1n) is 4.84. The molecule has 0 radical (unpaired) electrons. The summed E-state index contributed by atoms with van der Waals surface area (Å²) in [5.41, 5.74) is 0.336. The third-order valence-corrected chi connectivity index (χ3v) is 1.86. The van der Waals surface area contributed by atoms with Gasteiger partial charge in [0.1, 0.15) is 6.07 Å². The van der Waals surface area contributed by atoms with Gasteiger partial charge in [-0.05, 0) is 6.42 Å². The van der Waals surface area contributed by atoms with Crippen LogP contribution in [0.2, 0.25) is 0 Å². The highest BCUT2D eigenvalue weighted by atomic mass is 15.5. The van der Waals surface area contributed by atoms with E-state index in [9.17, 15) is 0 Å². The lowest BCUT2D eigenvalue weighted by Gasteiger charge is -2.08. The fourth-order valence-corrected chi connectivity index (χ4v) is 0.996. The van der Waals surface area contributed by atoms with Crippen LogP contribution < -0.4 is 0 Å². The second kappa shape index (κ2) is 5.75. The number of unbranched alkanes of at least 4 members (excludes halogenated alkanes) is 1. The second-order valence-electron chi connectivity index (χ2n) is 3.14. The summed E-state index contributed by atoms with van der Waals surface area (Å²) in [6.45, 7) is 2.97. The Balaban J connectivity index is 2.54. The summed E-state index contributed by atoms with van der Waals surface area (Å²) in [6, 6.07) is 1.95. The van der Waals surface area contributed by atoms with Gasteiger partial charge < -0.3 is 4.98 Å². The van der Waals surface area contributed by atoms with Crippen LogP contribution in [-0.2, 0) is 0 Å². The first-order chi connectivity index (χ1) is 7.27. The zero-order valence-electron chi connectivity index (χ0n) is 8.93. The molecule has 0 fully saturated rings. The van der Waals surface area contributed by atoms with Crippen molar-refractivity contribution in [2.75, 3.05) is 13.6 Å². The van der Waals surface area contributed by atoms with E-state index in [2.05, 4.69) is 27.2 Å². The molecule has 0 spiro atoms. The third kappa shape index (κ3) is 3.38. The van der Waals surface area contributed by atoms with Crippen molar-refractivity contribution in [3.05, 3.63) is 12.0 Å². The van der Waals surface area contributed by atoms with E-state index in [0.29, 0.717) is 11.5 Å². The molecule has 0 unspecified atom stereocenters. The average Bonchev–Trinajstić information content (AvgIpc) is 2.70. The van der Waals surface area contributed by atoms with Crippen LogP contribution >= 0.6 is 0 Å². The van der Waals surface area contributed by atoms with Crippen molar-refractivity contribution in [3.8, 4) is 6.07 Å². The summed E-state index contributed by atoms with van der Waals surface area (Å²) < 4.78 is 0. The Hall–Kier alpha value is -1.90. The minimum atomic E-state index is 0.334. The number of hydrogen-bond donors (Lipinski definition) is 1. The van der Waals surface area contributed by atoms with Gasteiger partial charge >= 0.3 is 0 Å². The van der Waals surface area contributed by atoms with Gasteiger partial charge in [0.05, 0.1) is 6.33 Å². The lowest BCUT2D eigenvalue weighted by atomic mass is 10.3. The second-order valence-corrected chi connectivity index (χ2v) is 3.14. The van der Waals surface area contributed by atoms with Crippen molar-refractivity contribution in [1.29, 1.82) is 5.26 Å². The van der Waals surface area contributed by atoms with Crippen molar-refractivity contribution in [3.63, 3.8) is 0 Å². The Labute approximate surface area is 88.6 Å². The molecule has 0 aromatic carbocycles. The van der Waals surface area contributed by atoms with Crippen LogP contribution in [0.5, 0.6) is 0 Å². The summed E-state index contributed by atoms with van der Waals surface area (Å²) in [5.74, 6) is 0.334. The van der Waals surface area contributed by atoms with Crippen molar-refractivity contribution >= 4 is 5.82 Å². The van der Waals surface area contributed by atoms with Gasteiger partial charge in [-0.25, -0.2) is 4.98 Å². The highest BCUT2D eigenvalue weighted by Gasteiger charge is 2.02. The fourth-order valence-electron chi connectivity index (χ4n) is 0.996. The number of nitriles is 1. The molecular formula is C9H14N6. The molecule has 1 rings (SSSR count). The summed E-state index contributed by atoms with van der Waals surface area (Å²) >= 11 is 0. The van der Waals surface area contributed by atoms with Gasteiger partial charge in [-0.15, -0.1) is 5.11 Å². The Morgan fingerprint density at radius 1 is 1.67 bits per heavy atom. The highest BCUT2D eigenvalue weighted by Crippen LogP contribution is 2.12. The number of nitrogens with one attached hydrogen (secondary N) is 1. The van der Waals surface area contributed by atoms with Crippen molar-refractivity contribution in [2.45, 2.75) is 19.8 Å². The molecule has 0 atom stereocenters. The topological polar surface area (TPSA) is 80.4 Å². The SMILES string of the molecule is CCCCN(C)/N=N/c1nc[nH]c1C#N. The van der Waals surface area contributed by atoms with Crippen LogP contribution in [0.25, 0.3) is 0 Å². The van der Waals surface area contributed by atoms with Gasteiger partial charge in [0.25, 0.3) is 0 Å². The summed E-state index contributed by atoms with van der Waals surface area (Å²) in [5, 5.41) is 18.2. The van der Waals surface area contributed by atoms with E-state index in [-0.39, 0.29) is 0 Å². The van der Waals surface area contributed by atoms with E-state index < -0.39 is 0 Å². The van der Waals surface area contributed by atoms with Crippen molar-refractivity contribution in [1.82, 2.24) is 15.0 Å². The molecule has 0 bridgehead atoms. The standard InChI is InChI=1S/C9H14N6/c1-3-4-5-15(2)14-13-9-8(6-10)11-7-12-9/h7H,3-5H2,1-2H3,(H,11,12)/b14-13+. The summed E-state index contributed by atoms with van der Waals surface area (Å²) in [4.78, 5) is 6.55. The Bertz CT molecular complexity index is 361. The van der Waals surface area contributed by atoms with Gasteiger partial charge in [0.2, 0.25) is 5.82 Å².